The molecule has 4 heteroatoms. The van der Waals surface area contributed by atoms with Gasteiger partial charge in [-0.1, -0.05) is 44.2 Å². The smallest absolute Gasteiger partial charge is 0.240 e. The van der Waals surface area contributed by atoms with Crippen LogP contribution >= 0.6 is 0 Å². The molecule has 0 spiro atoms. The molecule has 1 rings (SSSR count). The number of rotatable bonds is 7. The lowest BCUT2D eigenvalue weighted by Gasteiger charge is -2.17. The van der Waals surface area contributed by atoms with Crippen LogP contribution in [0.4, 0.5) is 0 Å². The Kier molecular flexibility index (Phi) is 6.06. The fraction of sp³-hybridized carbons (Fsp3) is 0.467. The third-order valence-corrected chi connectivity index (χ3v) is 2.87. The maximum atomic E-state index is 11.8. The highest BCUT2D eigenvalue weighted by atomic mass is 16.2. The Morgan fingerprint density at radius 2 is 1.84 bits per heavy atom. The number of hydrogen-bond acceptors (Lipinski definition) is 2. The van der Waals surface area contributed by atoms with E-state index in [1.807, 2.05) is 44.2 Å². The molecule has 0 radical (unpaired) electrons. The van der Waals surface area contributed by atoms with Gasteiger partial charge in [0.2, 0.25) is 11.8 Å². The SMILES string of the molecule is CC(C)C[C@H](NC(=O)CCc1ccccc1)C(N)=O. The quantitative estimate of drug-likeness (QED) is 0.784. The van der Waals surface area contributed by atoms with Gasteiger partial charge in [-0.05, 0) is 24.3 Å². The van der Waals surface area contributed by atoms with Crippen molar-refractivity contribution in [2.24, 2.45) is 11.7 Å². The number of carbonyl (C=O) groups excluding carboxylic acids is 2. The van der Waals surface area contributed by atoms with Gasteiger partial charge < -0.3 is 11.1 Å². The highest BCUT2D eigenvalue weighted by molar-refractivity contribution is 5.86. The largest absolute Gasteiger partial charge is 0.368 e. The van der Waals surface area contributed by atoms with Crippen molar-refractivity contribution in [3.63, 3.8) is 0 Å². The molecule has 19 heavy (non-hydrogen) atoms. The van der Waals surface area contributed by atoms with Gasteiger partial charge in [-0.3, -0.25) is 9.59 Å². The summed E-state index contributed by atoms with van der Waals surface area (Å²) >= 11 is 0. The Morgan fingerprint density at radius 3 is 2.37 bits per heavy atom. The zero-order valence-electron chi connectivity index (χ0n) is 11.6. The van der Waals surface area contributed by atoms with Crippen LogP contribution in [0.25, 0.3) is 0 Å². The Labute approximate surface area is 114 Å². The van der Waals surface area contributed by atoms with Crippen molar-refractivity contribution in [2.75, 3.05) is 0 Å². The second kappa shape index (κ2) is 7.56. The van der Waals surface area contributed by atoms with E-state index < -0.39 is 11.9 Å². The first kappa shape index (κ1) is 15.2. The number of nitrogens with one attached hydrogen (secondary N) is 1. The number of amides is 2. The van der Waals surface area contributed by atoms with Gasteiger partial charge >= 0.3 is 0 Å². The molecule has 1 atom stereocenters. The molecule has 2 amide bonds. The first-order valence-corrected chi connectivity index (χ1v) is 6.61. The molecule has 1 aromatic carbocycles. The minimum Gasteiger partial charge on any atom is -0.368 e. The van der Waals surface area contributed by atoms with Crippen LogP contribution in [-0.4, -0.2) is 17.9 Å². The molecule has 4 nitrogen and oxygen atoms in total. The van der Waals surface area contributed by atoms with Crippen LogP contribution < -0.4 is 11.1 Å². The Morgan fingerprint density at radius 1 is 1.21 bits per heavy atom. The van der Waals surface area contributed by atoms with Gasteiger partial charge in [0.25, 0.3) is 0 Å². The van der Waals surface area contributed by atoms with Crippen LogP contribution in [0.3, 0.4) is 0 Å². The highest BCUT2D eigenvalue weighted by Crippen LogP contribution is 2.06. The van der Waals surface area contributed by atoms with Crippen LogP contribution in [0.1, 0.15) is 32.3 Å². The van der Waals surface area contributed by atoms with E-state index in [1.54, 1.807) is 0 Å². The van der Waals surface area contributed by atoms with Crippen molar-refractivity contribution < 1.29 is 9.59 Å². The fourth-order valence-electron chi connectivity index (χ4n) is 1.89. The molecule has 0 saturated heterocycles. The first-order valence-electron chi connectivity index (χ1n) is 6.61. The van der Waals surface area contributed by atoms with E-state index in [9.17, 15) is 9.59 Å². The second-order valence-electron chi connectivity index (χ2n) is 5.14. The molecule has 0 saturated carbocycles. The summed E-state index contributed by atoms with van der Waals surface area (Å²) in [5.74, 6) is -0.290. The molecule has 3 N–H and O–H groups in total. The predicted molar refractivity (Wildman–Crippen MR) is 75.3 cm³/mol. The third-order valence-electron chi connectivity index (χ3n) is 2.87. The molecular formula is C15H22N2O2. The standard InChI is InChI=1S/C15H22N2O2/c1-11(2)10-13(15(16)19)17-14(18)9-8-12-6-4-3-5-7-12/h3-7,11,13H,8-10H2,1-2H3,(H2,16,19)(H,17,18)/t13-/m0/s1. The van der Waals surface area contributed by atoms with E-state index in [0.717, 1.165) is 5.56 Å². The van der Waals surface area contributed by atoms with Gasteiger partial charge in [0.1, 0.15) is 6.04 Å². The van der Waals surface area contributed by atoms with Crippen LogP contribution in [0.5, 0.6) is 0 Å². The molecule has 0 aliphatic carbocycles. The second-order valence-corrected chi connectivity index (χ2v) is 5.14. The van der Waals surface area contributed by atoms with Crippen molar-refractivity contribution >= 4 is 11.8 Å². The van der Waals surface area contributed by atoms with E-state index in [2.05, 4.69) is 5.32 Å². The summed E-state index contributed by atoms with van der Waals surface area (Å²) in [7, 11) is 0. The fourth-order valence-corrected chi connectivity index (χ4v) is 1.89. The zero-order chi connectivity index (χ0) is 14.3. The highest BCUT2D eigenvalue weighted by Gasteiger charge is 2.18. The Hall–Kier alpha value is -1.84. The molecule has 0 heterocycles. The van der Waals surface area contributed by atoms with Gasteiger partial charge in [0.05, 0.1) is 0 Å². The molecule has 0 fully saturated rings. The van der Waals surface area contributed by atoms with Crippen LogP contribution in [0.2, 0.25) is 0 Å². The first-order chi connectivity index (χ1) is 8.99. The van der Waals surface area contributed by atoms with Crippen LogP contribution in [0, 0.1) is 5.92 Å². The summed E-state index contributed by atoms with van der Waals surface area (Å²) < 4.78 is 0. The average Bonchev–Trinajstić information content (AvgIpc) is 2.36. The number of benzene rings is 1. The van der Waals surface area contributed by atoms with E-state index >= 15 is 0 Å². The molecule has 0 unspecified atom stereocenters. The average molecular weight is 262 g/mol. The van der Waals surface area contributed by atoms with Gasteiger partial charge in [-0.25, -0.2) is 0 Å². The number of hydrogen-bond donors (Lipinski definition) is 2. The minimum absolute atomic E-state index is 0.131. The van der Waals surface area contributed by atoms with Crippen LogP contribution in [-0.2, 0) is 16.0 Å². The van der Waals surface area contributed by atoms with Crippen LogP contribution in [0.15, 0.2) is 30.3 Å². The van der Waals surface area contributed by atoms with Crippen molar-refractivity contribution in [3.8, 4) is 0 Å². The van der Waals surface area contributed by atoms with Gasteiger partial charge in [-0.15, -0.1) is 0 Å². The number of aryl methyl sites for hydroxylation is 1. The monoisotopic (exact) mass is 262 g/mol. The topological polar surface area (TPSA) is 72.2 Å². The number of carbonyl (C=O) groups is 2. The van der Waals surface area contributed by atoms with E-state index in [0.29, 0.717) is 25.2 Å². The lowest BCUT2D eigenvalue weighted by molar-refractivity contribution is -0.127. The molecule has 104 valence electrons. The molecule has 0 aromatic heterocycles. The van der Waals surface area contributed by atoms with Gasteiger partial charge in [0.15, 0.2) is 0 Å². The van der Waals surface area contributed by atoms with Crippen molar-refractivity contribution in [3.05, 3.63) is 35.9 Å². The zero-order valence-corrected chi connectivity index (χ0v) is 11.6. The third kappa shape index (κ3) is 6.04. The van der Waals surface area contributed by atoms with Crippen molar-refractivity contribution in [1.82, 2.24) is 5.32 Å². The van der Waals surface area contributed by atoms with E-state index in [4.69, 9.17) is 5.73 Å². The minimum atomic E-state index is -0.566. The number of primary amides is 1. The maximum Gasteiger partial charge on any atom is 0.240 e. The normalized spacial score (nSPS) is 12.2. The summed E-state index contributed by atoms with van der Waals surface area (Å²) in [4.78, 5) is 23.0. The van der Waals surface area contributed by atoms with E-state index in [1.165, 1.54) is 0 Å². The number of nitrogens with two attached hydrogens (primary N) is 1. The molecule has 0 bridgehead atoms. The van der Waals surface area contributed by atoms with Crippen molar-refractivity contribution in [1.29, 1.82) is 0 Å². The summed E-state index contributed by atoms with van der Waals surface area (Å²) in [5.41, 5.74) is 6.40. The summed E-state index contributed by atoms with van der Waals surface area (Å²) in [6, 6.07) is 9.22. The molecule has 0 aliphatic heterocycles. The molecule has 0 aliphatic rings. The summed E-state index contributed by atoms with van der Waals surface area (Å²) in [5, 5.41) is 2.70. The summed E-state index contributed by atoms with van der Waals surface area (Å²) in [6.07, 6.45) is 1.61. The lowest BCUT2D eigenvalue weighted by atomic mass is 10.0. The molecular weight excluding hydrogens is 240 g/mol. The maximum absolute atomic E-state index is 11.8. The lowest BCUT2D eigenvalue weighted by Crippen LogP contribution is -2.45. The van der Waals surface area contributed by atoms with E-state index in [-0.39, 0.29) is 5.91 Å². The Balaban J connectivity index is 2.42. The molecule has 1 aromatic rings. The predicted octanol–water partition coefficient (Wildman–Crippen LogP) is 1.64. The summed E-state index contributed by atoms with van der Waals surface area (Å²) in [6.45, 7) is 3.98. The Bertz CT molecular complexity index is 415. The van der Waals surface area contributed by atoms with Gasteiger partial charge in [0, 0.05) is 6.42 Å². The van der Waals surface area contributed by atoms with Gasteiger partial charge in [-0.2, -0.15) is 0 Å². The van der Waals surface area contributed by atoms with Crippen molar-refractivity contribution in [2.45, 2.75) is 39.2 Å².